The van der Waals surface area contributed by atoms with E-state index in [-0.39, 0.29) is 5.91 Å². The van der Waals surface area contributed by atoms with Crippen molar-refractivity contribution in [3.8, 4) is 0 Å². The molecule has 102 valence electrons. The third-order valence-corrected chi connectivity index (χ3v) is 3.49. The van der Waals surface area contributed by atoms with E-state index in [4.69, 9.17) is 0 Å². The van der Waals surface area contributed by atoms with Gasteiger partial charge in [0.25, 0.3) is 0 Å². The van der Waals surface area contributed by atoms with Crippen LogP contribution in [0.1, 0.15) is 38.3 Å². The largest absolute Gasteiger partial charge is 0.312 e. The highest BCUT2D eigenvalue weighted by Gasteiger charge is 2.21. The lowest BCUT2D eigenvalue weighted by Gasteiger charge is -2.18. The lowest BCUT2D eigenvalue weighted by molar-refractivity contribution is -0.117. The third kappa shape index (κ3) is 3.44. The van der Waals surface area contributed by atoms with Crippen LogP contribution in [0.5, 0.6) is 0 Å². The number of benzene rings is 1. The SMILES string of the molecule is C=C(C)CN[C@@H](C)c1ccc(N2CCCC2=O)cc1. The molecule has 2 rings (SSSR count). The first kappa shape index (κ1) is 13.8. The van der Waals surface area contributed by atoms with Gasteiger partial charge in [-0.3, -0.25) is 4.79 Å². The number of carbonyl (C=O) groups is 1. The zero-order chi connectivity index (χ0) is 13.8. The Labute approximate surface area is 115 Å². The Morgan fingerprint density at radius 1 is 1.42 bits per heavy atom. The van der Waals surface area contributed by atoms with Gasteiger partial charge in [0.2, 0.25) is 5.91 Å². The van der Waals surface area contributed by atoms with Crippen LogP contribution in [0.4, 0.5) is 5.69 Å². The van der Waals surface area contributed by atoms with Crippen molar-refractivity contribution < 1.29 is 4.79 Å². The fourth-order valence-electron chi connectivity index (χ4n) is 2.31. The van der Waals surface area contributed by atoms with Crippen LogP contribution < -0.4 is 10.2 Å². The van der Waals surface area contributed by atoms with Gasteiger partial charge in [-0.2, -0.15) is 0 Å². The topological polar surface area (TPSA) is 32.3 Å². The lowest BCUT2D eigenvalue weighted by Crippen LogP contribution is -2.24. The van der Waals surface area contributed by atoms with Gasteiger partial charge < -0.3 is 10.2 Å². The molecule has 3 heteroatoms. The molecule has 0 radical (unpaired) electrons. The number of nitrogens with zero attached hydrogens (tertiary/aromatic N) is 1. The summed E-state index contributed by atoms with van der Waals surface area (Å²) in [5.41, 5.74) is 3.38. The van der Waals surface area contributed by atoms with Crippen LogP contribution in [0.15, 0.2) is 36.4 Å². The summed E-state index contributed by atoms with van der Waals surface area (Å²) >= 11 is 0. The Morgan fingerprint density at radius 2 is 2.11 bits per heavy atom. The molecule has 0 unspecified atom stereocenters. The molecule has 0 bridgehead atoms. The van der Waals surface area contributed by atoms with Gasteiger partial charge in [0, 0.05) is 31.2 Å². The average molecular weight is 258 g/mol. The van der Waals surface area contributed by atoms with Crippen molar-refractivity contribution >= 4 is 11.6 Å². The average Bonchev–Trinajstić information content (AvgIpc) is 2.82. The minimum atomic E-state index is 0.237. The van der Waals surface area contributed by atoms with Crippen LogP contribution in [-0.4, -0.2) is 19.0 Å². The van der Waals surface area contributed by atoms with Gasteiger partial charge in [0.15, 0.2) is 0 Å². The van der Waals surface area contributed by atoms with Gasteiger partial charge >= 0.3 is 0 Å². The third-order valence-electron chi connectivity index (χ3n) is 3.49. The number of nitrogens with one attached hydrogen (secondary N) is 1. The first-order chi connectivity index (χ1) is 9.08. The zero-order valence-corrected chi connectivity index (χ0v) is 11.8. The molecular weight excluding hydrogens is 236 g/mol. The van der Waals surface area contributed by atoms with Gasteiger partial charge in [-0.05, 0) is 38.0 Å². The van der Waals surface area contributed by atoms with E-state index in [0.717, 1.165) is 30.8 Å². The molecule has 1 fully saturated rings. The second-order valence-electron chi connectivity index (χ2n) is 5.30. The van der Waals surface area contributed by atoms with Crippen LogP contribution in [0.3, 0.4) is 0 Å². The molecule has 1 aliphatic rings. The molecule has 1 N–H and O–H groups in total. The molecule has 0 saturated carbocycles. The minimum Gasteiger partial charge on any atom is -0.312 e. The molecule has 1 heterocycles. The molecule has 0 spiro atoms. The Bertz CT molecular complexity index is 464. The predicted octanol–water partition coefficient (Wildman–Crippen LogP) is 3.04. The van der Waals surface area contributed by atoms with Crippen LogP contribution in [0, 0.1) is 0 Å². The van der Waals surface area contributed by atoms with Crippen LogP contribution in [-0.2, 0) is 4.79 Å². The van der Waals surface area contributed by atoms with E-state index in [1.54, 1.807) is 0 Å². The second-order valence-corrected chi connectivity index (χ2v) is 5.30. The van der Waals surface area contributed by atoms with Crippen LogP contribution in [0.2, 0.25) is 0 Å². The monoisotopic (exact) mass is 258 g/mol. The maximum atomic E-state index is 11.7. The first-order valence-electron chi connectivity index (χ1n) is 6.86. The molecule has 1 saturated heterocycles. The highest BCUT2D eigenvalue weighted by Crippen LogP contribution is 2.23. The van der Waals surface area contributed by atoms with E-state index < -0.39 is 0 Å². The molecule has 1 aromatic rings. The molecule has 1 amide bonds. The summed E-state index contributed by atoms with van der Waals surface area (Å²) in [5.74, 6) is 0.237. The Morgan fingerprint density at radius 3 is 2.63 bits per heavy atom. The van der Waals surface area contributed by atoms with Crippen molar-refractivity contribution in [2.75, 3.05) is 18.0 Å². The maximum Gasteiger partial charge on any atom is 0.227 e. The van der Waals surface area contributed by atoms with Gasteiger partial charge in [-0.15, -0.1) is 0 Å². The summed E-state index contributed by atoms with van der Waals surface area (Å²) in [6, 6.07) is 8.56. The van der Waals surface area contributed by atoms with Crippen molar-refractivity contribution in [3.05, 3.63) is 42.0 Å². The molecule has 0 aliphatic carbocycles. The van der Waals surface area contributed by atoms with E-state index >= 15 is 0 Å². The number of rotatable bonds is 5. The number of amides is 1. The molecule has 3 nitrogen and oxygen atoms in total. The van der Waals surface area contributed by atoms with Crippen molar-refractivity contribution in [2.24, 2.45) is 0 Å². The van der Waals surface area contributed by atoms with Crippen LogP contribution >= 0.6 is 0 Å². The summed E-state index contributed by atoms with van der Waals surface area (Å²) in [7, 11) is 0. The maximum absolute atomic E-state index is 11.7. The van der Waals surface area contributed by atoms with Crippen molar-refractivity contribution in [1.82, 2.24) is 5.32 Å². The molecule has 1 aliphatic heterocycles. The summed E-state index contributed by atoms with van der Waals surface area (Å²) < 4.78 is 0. The minimum absolute atomic E-state index is 0.237. The standard InChI is InChI=1S/C16H22N2O/c1-12(2)11-17-13(3)14-6-8-15(9-7-14)18-10-4-5-16(18)19/h6-9,13,17H,1,4-5,10-11H2,2-3H3/t13-/m0/s1. The van der Waals surface area contributed by atoms with E-state index in [9.17, 15) is 4.79 Å². The molecule has 0 aromatic heterocycles. The van der Waals surface area contributed by atoms with E-state index in [0.29, 0.717) is 12.5 Å². The summed E-state index contributed by atoms with van der Waals surface area (Å²) in [4.78, 5) is 13.5. The summed E-state index contributed by atoms with van der Waals surface area (Å²) in [5, 5.41) is 3.42. The second kappa shape index (κ2) is 6.02. The van der Waals surface area contributed by atoms with Crippen molar-refractivity contribution in [2.45, 2.75) is 32.7 Å². The Hall–Kier alpha value is -1.61. The molecule has 1 atom stereocenters. The highest BCUT2D eigenvalue weighted by atomic mass is 16.2. The number of anilines is 1. The van der Waals surface area contributed by atoms with Crippen LogP contribution in [0.25, 0.3) is 0 Å². The Balaban J connectivity index is 2.01. The van der Waals surface area contributed by atoms with Crippen molar-refractivity contribution in [1.29, 1.82) is 0 Å². The molecule has 1 aromatic carbocycles. The predicted molar refractivity (Wildman–Crippen MR) is 79.3 cm³/mol. The summed E-state index contributed by atoms with van der Waals surface area (Å²) in [6.07, 6.45) is 1.65. The summed E-state index contributed by atoms with van der Waals surface area (Å²) in [6.45, 7) is 9.72. The highest BCUT2D eigenvalue weighted by molar-refractivity contribution is 5.95. The lowest BCUT2D eigenvalue weighted by atomic mass is 10.1. The fourth-order valence-corrected chi connectivity index (χ4v) is 2.31. The number of hydrogen-bond acceptors (Lipinski definition) is 2. The number of carbonyl (C=O) groups excluding carboxylic acids is 1. The quantitative estimate of drug-likeness (QED) is 0.823. The smallest absolute Gasteiger partial charge is 0.227 e. The molecule has 19 heavy (non-hydrogen) atoms. The van der Waals surface area contributed by atoms with Gasteiger partial charge in [-0.1, -0.05) is 24.3 Å². The van der Waals surface area contributed by atoms with E-state index in [2.05, 4.69) is 31.0 Å². The molecular formula is C16H22N2O. The van der Waals surface area contributed by atoms with E-state index in [1.807, 2.05) is 24.0 Å². The van der Waals surface area contributed by atoms with Crippen molar-refractivity contribution in [3.63, 3.8) is 0 Å². The normalized spacial score (nSPS) is 16.7. The zero-order valence-electron chi connectivity index (χ0n) is 11.8. The van der Waals surface area contributed by atoms with E-state index in [1.165, 1.54) is 5.56 Å². The van der Waals surface area contributed by atoms with Gasteiger partial charge in [0.1, 0.15) is 0 Å². The number of hydrogen-bond donors (Lipinski definition) is 1. The van der Waals surface area contributed by atoms with Gasteiger partial charge in [0.05, 0.1) is 0 Å². The van der Waals surface area contributed by atoms with Gasteiger partial charge in [-0.25, -0.2) is 0 Å². The first-order valence-corrected chi connectivity index (χ1v) is 6.86. The Kier molecular flexibility index (Phi) is 4.38. The fraction of sp³-hybridized carbons (Fsp3) is 0.438.